The normalized spacial score (nSPS) is 21.0. The van der Waals surface area contributed by atoms with Crippen molar-refractivity contribution in [2.45, 2.75) is 32.7 Å². The van der Waals surface area contributed by atoms with Crippen LogP contribution in [0.15, 0.2) is 0 Å². The van der Waals surface area contributed by atoms with E-state index in [4.69, 9.17) is 0 Å². The molecule has 0 atom stereocenters. The summed E-state index contributed by atoms with van der Waals surface area (Å²) in [5, 5.41) is 6.94. The van der Waals surface area contributed by atoms with E-state index in [2.05, 4.69) is 24.5 Å². The summed E-state index contributed by atoms with van der Waals surface area (Å²) in [7, 11) is 0. The van der Waals surface area contributed by atoms with Gasteiger partial charge in [0.25, 0.3) is 0 Å². The van der Waals surface area contributed by atoms with Gasteiger partial charge in [0.05, 0.1) is 0 Å². The number of rotatable bonds is 3. The van der Waals surface area contributed by atoms with E-state index in [0.29, 0.717) is 0 Å². The third-order valence-electron chi connectivity index (χ3n) is 2.15. The molecule has 0 unspecified atom stereocenters. The molecular weight excluding hydrogens is 136 g/mol. The molecule has 0 spiro atoms. The van der Waals surface area contributed by atoms with Crippen molar-refractivity contribution in [2.24, 2.45) is 5.92 Å². The van der Waals surface area contributed by atoms with Crippen LogP contribution in [0.25, 0.3) is 0 Å². The Morgan fingerprint density at radius 3 is 2.55 bits per heavy atom. The fraction of sp³-hybridized carbons (Fsp3) is 1.00. The minimum atomic E-state index is 0.777. The van der Waals surface area contributed by atoms with Crippen LogP contribution in [-0.4, -0.2) is 25.7 Å². The molecule has 2 heteroatoms. The molecule has 0 aromatic carbocycles. The topological polar surface area (TPSA) is 24.1 Å². The first-order valence-electron chi connectivity index (χ1n) is 4.73. The highest BCUT2D eigenvalue weighted by Crippen LogP contribution is 2.02. The van der Waals surface area contributed by atoms with Gasteiger partial charge in [0.15, 0.2) is 0 Å². The van der Waals surface area contributed by atoms with Gasteiger partial charge >= 0.3 is 0 Å². The van der Waals surface area contributed by atoms with Gasteiger partial charge in [-0.25, -0.2) is 0 Å². The van der Waals surface area contributed by atoms with Crippen molar-refractivity contribution in [1.82, 2.24) is 10.6 Å². The lowest BCUT2D eigenvalue weighted by atomic mass is 10.1. The van der Waals surface area contributed by atoms with Crippen LogP contribution in [0.1, 0.15) is 26.7 Å². The highest BCUT2D eigenvalue weighted by Gasteiger charge is 2.11. The first-order valence-corrected chi connectivity index (χ1v) is 4.73. The van der Waals surface area contributed by atoms with Crippen LogP contribution in [0.3, 0.4) is 0 Å². The summed E-state index contributed by atoms with van der Waals surface area (Å²) >= 11 is 0. The number of hydrogen-bond donors (Lipinski definition) is 2. The molecule has 66 valence electrons. The Balaban J connectivity index is 2.05. The molecule has 2 N–H and O–H groups in total. The van der Waals surface area contributed by atoms with Gasteiger partial charge in [-0.2, -0.15) is 0 Å². The molecule has 1 fully saturated rings. The first-order chi connectivity index (χ1) is 5.29. The van der Waals surface area contributed by atoms with E-state index >= 15 is 0 Å². The lowest BCUT2D eigenvalue weighted by molar-refractivity contribution is 0.370. The van der Waals surface area contributed by atoms with Gasteiger partial charge in [-0.15, -0.1) is 0 Å². The Morgan fingerprint density at radius 1 is 1.36 bits per heavy atom. The lowest BCUT2D eigenvalue weighted by Gasteiger charge is -2.24. The Kier molecular flexibility index (Phi) is 3.87. The van der Waals surface area contributed by atoms with Crippen LogP contribution in [0, 0.1) is 5.92 Å². The van der Waals surface area contributed by atoms with Gasteiger partial charge in [-0.05, 0) is 38.4 Å². The van der Waals surface area contributed by atoms with Crippen molar-refractivity contribution in [3.8, 4) is 0 Å². The monoisotopic (exact) mass is 156 g/mol. The van der Waals surface area contributed by atoms with E-state index in [9.17, 15) is 0 Å². The van der Waals surface area contributed by atoms with Crippen LogP contribution in [0.4, 0.5) is 0 Å². The van der Waals surface area contributed by atoms with E-state index in [1.165, 1.54) is 32.5 Å². The van der Waals surface area contributed by atoms with Gasteiger partial charge in [0.2, 0.25) is 0 Å². The number of hydrogen-bond acceptors (Lipinski definition) is 2. The zero-order valence-corrected chi connectivity index (χ0v) is 7.69. The zero-order chi connectivity index (χ0) is 8.10. The molecule has 0 aromatic rings. The van der Waals surface area contributed by atoms with E-state index in [-0.39, 0.29) is 0 Å². The summed E-state index contributed by atoms with van der Waals surface area (Å²) < 4.78 is 0. The minimum Gasteiger partial charge on any atom is -0.317 e. The second kappa shape index (κ2) is 4.73. The highest BCUT2D eigenvalue weighted by molar-refractivity contribution is 4.74. The largest absolute Gasteiger partial charge is 0.317 e. The van der Waals surface area contributed by atoms with E-state index in [1.54, 1.807) is 0 Å². The molecule has 1 aliphatic rings. The van der Waals surface area contributed by atoms with Crippen molar-refractivity contribution >= 4 is 0 Å². The Labute approximate surface area is 69.8 Å². The second-order valence-electron chi connectivity index (χ2n) is 3.83. The molecule has 0 saturated carbocycles. The minimum absolute atomic E-state index is 0.777. The number of piperidine rings is 1. The van der Waals surface area contributed by atoms with Crippen molar-refractivity contribution in [3.05, 3.63) is 0 Å². The predicted molar refractivity (Wildman–Crippen MR) is 48.7 cm³/mol. The molecule has 1 rings (SSSR count). The molecule has 0 bridgehead atoms. The van der Waals surface area contributed by atoms with E-state index in [0.717, 1.165) is 12.0 Å². The summed E-state index contributed by atoms with van der Waals surface area (Å²) in [4.78, 5) is 0. The summed E-state index contributed by atoms with van der Waals surface area (Å²) in [5.41, 5.74) is 0. The van der Waals surface area contributed by atoms with Crippen molar-refractivity contribution in [2.75, 3.05) is 19.6 Å². The summed E-state index contributed by atoms with van der Waals surface area (Å²) in [5.74, 6) is 0.782. The highest BCUT2D eigenvalue weighted by atomic mass is 15.0. The van der Waals surface area contributed by atoms with Gasteiger partial charge in [0.1, 0.15) is 0 Å². The molecular formula is C9H20N2. The molecule has 0 radical (unpaired) electrons. The van der Waals surface area contributed by atoms with Gasteiger partial charge < -0.3 is 10.6 Å². The average Bonchev–Trinajstić information content (AvgIpc) is 2.03. The third-order valence-corrected chi connectivity index (χ3v) is 2.15. The molecule has 2 nitrogen and oxygen atoms in total. The van der Waals surface area contributed by atoms with Crippen molar-refractivity contribution in [1.29, 1.82) is 0 Å². The molecule has 1 aliphatic heterocycles. The molecule has 1 saturated heterocycles. The van der Waals surface area contributed by atoms with Crippen LogP contribution in [0.5, 0.6) is 0 Å². The summed E-state index contributed by atoms with van der Waals surface area (Å²) in [6.45, 7) is 8.07. The van der Waals surface area contributed by atoms with E-state index in [1.807, 2.05) is 0 Å². The maximum absolute atomic E-state index is 3.58. The lowest BCUT2D eigenvalue weighted by Crippen LogP contribution is -2.41. The first kappa shape index (κ1) is 9.01. The summed E-state index contributed by atoms with van der Waals surface area (Å²) in [6, 6.07) is 0.777. The SMILES string of the molecule is CC(C)CNC1CCNCC1. The van der Waals surface area contributed by atoms with Crippen molar-refractivity contribution < 1.29 is 0 Å². The Bertz CT molecular complexity index is 95.7. The molecule has 0 aliphatic carbocycles. The molecule has 0 aromatic heterocycles. The molecule has 0 amide bonds. The Hall–Kier alpha value is -0.0800. The third kappa shape index (κ3) is 3.73. The number of nitrogens with one attached hydrogen (secondary N) is 2. The molecule has 1 heterocycles. The Morgan fingerprint density at radius 2 is 2.00 bits per heavy atom. The van der Waals surface area contributed by atoms with Crippen molar-refractivity contribution in [3.63, 3.8) is 0 Å². The van der Waals surface area contributed by atoms with Crippen LogP contribution < -0.4 is 10.6 Å². The van der Waals surface area contributed by atoms with Gasteiger partial charge in [-0.3, -0.25) is 0 Å². The van der Waals surface area contributed by atoms with Crippen LogP contribution >= 0.6 is 0 Å². The van der Waals surface area contributed by atoms with Crippen LogP contribution in [0.2, 0.25) is 0 Å². The maximum atomic E-state index is 3.58. The van der Waals surface area contributed by atoms with E-state index < -0.39 is 0 Å². The van der Waals surface area contributed by atoms with Crippen LogP contribution in [-0.2, 0) is 0 Å². The molecule has 11 heavy (non-hydrogen) atoms. The van der Waals surface area contributed by atoms with Gasteiger partial charge in [0, 0.05) is 6.04 Å². The van der Waals surface area contributed by atoms with Gasteiger partial charge in [-0.1, -0.05) is 13.8 Å². The maximum Gasteiger partial charge on any atom is 0.00913 e. The average molecular weight is 156 g/mol. The zero-order valence-electron chi connectivity index (χ0n) is 7.69. The fourth-order valence-electron chi connectivity index (χ4n) is 1.43. The second-order valence-corrected chi connectivity index (χ2v) is 3.83. The predicted octanol–water partition coefficient (Wildman–Crippen LogP) is 0.984. The smallest absolute Gasteiger partial charge is 0.00913 e. The fourth-order valence-corrected chi connectivity index (χ4v) is 1.43. The summed E-state index contributed by atoms with van der Waals surface area (Å²) in [6.07, 6.45) is 2.60. The quantitative estimate of drug-likeness (QED) is 0.636. The standard InChI is InChI=1S/C9H20N2/c1-8(2)7-11-9-3-5-10-6-4-9/h8-11H,3-7H2,1-2H3.